The van der Waals surface area contributed by atoms with Crippen molar-refractivity contribution < 1.29 is 38.4 Å². The second-order valence-electron chi connectivity index (χ2n) is 10.6. The fraction of sp³-hybridized carbons (Fsp3) is 0.516. The lowest BCUT2D eigenvalue weighted by Crippen LogP contribution is -2.46. The highest BCUT2D eigenvalue weighted by molar-refractivity contribution is 5.96. The number of benzene rings is 2. The predicted molar refractivity (Wildman–Crippen MR) is 158 cm³/mol. The second kappa shape index (κ2) is 15.7. The third kappa shape index (κ3) is 9.58. The van der Waals surface area contributed by atoms with Crippen molar-refractivity contribution in [2.45, 2.75) is 64.8 Å². The molecule has 0 atom stereocenters. The molecule has 0 aliphatic rings. The van der Waals surface area contributed by atoms with E-state index < -0.39 is 11.5 Å². The molecule has 0 aromatic heterocycles. The minimum absolute atomic E-state index is 0.0114. The highest BCUT2D eigenvalue weighted by atomic mass is 16.5. The number of methoxy groups -OCH3 is 4. The Balaban J connectivity index is 2.04. The third-order valence-electron chi connectivity index (χ3n) is 6.70. The van der Waals surface area contributed by atoms with Gasteiger partial charge in [0.1, 0.15) is 5.75 Å². The molecule has 2 rings (SSSR count). The fourth-order valence-electron chi connectivity index (χ4n) is 4.51. The highest BCUT2D eigenvalue weighted by Gasteiger charge is 2.29. The van der Waals surface area contributed by atoms with Crippen molar-refractivity contribution in [3.05, 3.63) is 42.0 Å². The van der Waals surface area contributed by atoms with Crippen LogP contribution < -0.4 is 23.8 Å². The predicted octanol–water partition coefficient (Wildman–Crippen LogP) is 5.42. The van der Waals surface area contributed by atoms with Gasteiger partial charge >= 0.3 is 5.97 Å². The van der Waals surface area contributed by atoms with E-state index in [1.54, 1.807) is 48.4 Å². The molecule has 0 bridgehead atoms. The zero-order valence-corrected chi connectivity index (χ0v) is 25.3. The number of unbranched alkanes of at least 4 members (excludes halogenated alkanes) is 2. The molecule has 10 heteroatoms. The van der Waals surface area contributed by atoms with Gasteiger partial charge in [0.15, 0.2) is 11.5 Å². The first-order chi connectivity index (χ1) is 19.5. The first-order valence-electron chi connectivity index (χ1n) is 13.7. The van der Waals surface area contributed by atoms with Crippen molar-refractivity contribution >= 4 is 23.5 Å². The first-order valence-corrected chi connectivity index (χ1v) is 13.7. The summed E-state index contributed by atoms with van der Waals surface area (Å²) in [5, 5.41) is 9.03. The highest BCUT2D eigenvalue weighted by Crippen LogP contribution is 2.39. The Labute approximate surface area is 243 Å². The summed E-state index contributed by atoms with van der Waals surface area (Å²) in [6, 6.07) is 10.5. The summed E-state index contributed by atoms with van der Waals surface area (Å²) in [5.41, 5.74) is 0.694. The molecular formula is C31H44N2O8. The number of anilines is 1. The number of carboxylic acid groups (broad SMARTS) is 1. The van der Waals surface area contributed by atoms with Crippen LogP contribution in [0.2, 0.25) is 0 Å². The summed E-state index contributed by atoms with van der Waals surface area (Å²) in [5.74, 6) is 0.802. The number of nitrogens with zero attached hydrogens (tertiary/aromatic N) is 2. The van der Waals surface area contributed by atoms with Crippen LogP contribution >= 0.6 is 0 Å². The molecule has 10 nitrogen and oxygen atoms in total. The number of carbonyl (C=O) groups is 3. The lowest BCUT2D eigenvalue weighted by Gasteiger charge is -2.36. The number of hydrogen-bond donors (Lipinski definition) is 1. The number of hydrogen-bond acceptors (Lipinski definition) is 7. The van der Waals surface area contributed by atoms with Crippen LogP contribution in [0.5, 0.6) is 23.0 Å². The molecule has 0 saturated carbocycles. The summed E-state index contributed by atoms with van der Waals surface area (Å²) in [6.45, 7) is 6.77. The third-order valence-corrected chi connectivity index (χ3v) is 6.70. The lowest BCUT2D eigenvalue weighted by atomic mass is 10.0. The normalized spacial score (nSPS) is 11.0. The van der Waals surface area contributed by atoms with E-state index in [1.165, 1.54) is 21.3 Å². The van der Waals surface area contributed by atoms with Gasteiger partial charge in [-0.3, -0.25) is 14.4 Å². The number of rotatable bonds is 16. The first kappa shape index (κ1) is 33.3. The van der Waals surface area contributed by atoms with E-state index in [9.17, 15) is 14.4 Å². The van der Waals surface area contributed by atoms with Gasteiger partial charge in [-0.2, -0.15) is 0 Å². The summed E-state index contributed by atoms with van der Waals surface area (Å²) >= 11 is 0. The SMILES string of the molecule is COc1ccc(N(CCCC(=O)O)C(=O)CCCCCN(C(=O)c2cc(OC)c(OC)c(OC)c2)C(C)(C)C)cc1. The minimum Gasteiger partial charge on any atom is -0.497 e. The average molecular weight is 573 g/mol. The summed E-state index contributed by atoms with van der Waals surface area (Å²) in [6.07, 6.45) is 2.75. The standard InChI is InChI=1S/C31H44N2O8/c1-31(2,3)33(30(37)22-20-25(39-5)29(41-7)26(21-22)40-6)19-10-8-9-12-27(34)32(18-11-13-28(35)36)23-14-16-24(38-4)17-15-23/h14-17,20-21H,8-13,18-19H2,1-7H3,(H,35,36). The van der Waals surface area contributed by atoms with Gasteiger partial charge in [-0.05, 0) is 76.4 Å². The lowest BCUT2D eigenvalue weighted by molar-refractivity contribution is -0.137. The van der Waals surface area contributed by atoms with Crippen LogP contribution in [0.4, 0.5) is 5.69 Å². The van der Waals surface area contributed by atoms with Crippen molar-refractivity contribution in [1.29, 1.82) is 0 Å². The van der Waals surface area contributed by atoms with Gasteiger partial charge in [-0.1, -0.05) is 6.42 Å². The van der Waals surface area contributed by atoms with Crippen LogP contribution in [-0.2, 0) is 9.59 Å². The van der Waals surface area contributed by atoms with Gasteiger partial charge in [-0.15, -0.1) is 0 Å². The quantitative estimate of drug-likeness (QED) is 0.265. The largest absolute Gasteiger partial charge is 0.497 e. The Bertz CT molecular complexity index is 1130. The van der Waals surface area contributed by atoms with Gasteiger partial charge < -0.3 is 33.9 Å². The molecule has 1 N–H and O–H groups in total. The van der Waals surface area contributed by atoms with E-state index in [1.807, 2.05) is 25.7 Å². The van der Waals surface area contributed by atoms with Crippen LogP contribution in [0, 0.1) is 0 Å². The molecule has 0 heterocycles. The molecule has 0 spiro atoms. The Kier molecular flexibility index (Phi) is 12.8. The van der Waals surface area contributed by atoms with Crippen LogP contribution in [0.3, 0.4) is 0 Å². The molecule has 2 aromatic carbocycles. The Morgan fingerprint density at radius 2 is 1.37 bits per heavy atom. The molecule has 2 aromatic rings. The number of amides is 2. The number of carbonyl (C=O) groups excluding carboxylic acids is 2. The second-order valence-corrected chi connectivity index (χ2v) is 10.6. The van der Waals surface area contributed by atoms with E-state index in [-0.39, 0.29) is 18.2 Å². The molecule has 0 saturated heterocycles. The Hall–Kier alpha value is -3.95. The monoisotopic (exact) mass is 572 g/mol. The van der Waals surface area contributed by atoms with Gasteiger partial charge in [0, 0.05) is 42.7 Å². The summed E-state index contributed by atoms with van der Waals surface area (Å²) < 4.78 is 21.4. The van der Waals surface area contributed by atoms with Gasteiger partial charge in [-0.25, -0.2) is 0 Å². The topological polar surface area (TPSA) is 115 Å². The molecule has 41 heavy (non-hydrogen) atoms. The van der Waals surface area contributed by atoms with Crippen LogP contribution in [-0.4, -0.2) is 74.9 Å². The van der Waals surface area contributed by atoms with Crippen molar-refractivity contribution in [2.75, 3.05) is 46.4 Å². The molecule has 0 fully saturated rings. The maximum atomic E-state index is 13.6. The van der Waals surface area contributed by atoms with Crippen molar-refractivity contribution in [3.63, 3.8) is 0 Å². The number of carboxylic acids is 1. The molecule has 0 aliphatic carbocycles. The van der Waals surface area contributed by atoms with Gasteiger partial charge in [0.05, 0.1) is 28.4 Å². The molecule has 0 aliphatic heterocycles. The van der Waals surface area contributed by atoms with Crippen molar-refractivity contribution in [3.8, 4) is 23.0 Å². The van der Waals surface area contributed by atoms with E-state index in [0.717, 1.165) is 6.42 Å². The molecule has 226 valence electrons. The maximum Gasteiger partial charge on any atom is 0.303 e. The summed E-state index contributed by atoms with van der Waals surface area (Å²) in [7, 11) is 6.11. The van der Waals surface area contributed by atoms with Crippen molar-refractivity contribution in [2.24, 2.45) is 0 Å². The van der Waals surface area contributed by atoms with Crippen LogP contribution in [0.25, 0.3) is 0 Å². The molecule has 0 unspecified atom stereocenters. The number of ether oxygens (including phenoxy) is 4. The zero-order valence-electron chi connectivity index (χ0n) is 25.3. The smallest absolute Gasteiger partial charge is 0.303 e. The molecule has 2 amide bonds. The van der Waals surface area contributed by atoms with E-state index >= 15 is 0 Å². The maximum absolute atomic E-state index is 13.6. The average Bonchev–Trinajstić information content (AvgIpc) is 2.95. The Morgan fingerprint density at radius 3 is 1.85 bits per heavy atom. The zero-order chi connectivity index (χ0) is 30.6. The summed E-state index contributed by atoms with van der Waals surface area (Å²) in [4.78, 5) is 41.2. The van der Waals surface area contributed by atoms with Gasteiger partial charge in [0.2, 0.25) is 11.7 Å². The molecular weight excluding hydrogens is 528 g/mol. The van der Waals surface area contributed by atoms with Gasteiger partial charge in [0.25, 0.3) is 5.91 Å². The molecule has 0 radical (unpaired) electrons. The minimum atomic E-state index is -0.892. The van der Waals surface area contributed by atoms with E-state index in [2.05, 4.69) is 0 Å². The number of aliphatic carboxylic acids is 1. The van der Waals surface area contributed by atoms with Crippen molar-refractivity contribution in [1.82, 2.24) is 4.90 Å². The van der Waals surface area contributed by atoms with Crippen LogP contribution in [0.1, 0.15) is 69.7 Å². The van der Waals surface area contributed by atoms with Crippen LogP contribution in [0.15, 0.2) is 36.4 Å². The fourth-order valence-corrected chi connectivity index (χ4v) is 4.51. The Morgan fingerprint density at radius 1 is 0.756 bits per heavy atom. The van der Waals surface area contributed by atoms with E-state index in [0.29, 0.717) is 73.0 Å². The van der Waals surface area contributed by atoms with E-state index in [4.69, 9.17) is 24.1 Å².